The van der Waals surface area contributed by atoms with Gasteiger partial charge in [-0.1, -0.05) is 48.5 Å². The molecule has 0 aromatic heterocycles. The second-order valence-electron chi connectivity index (χ2n) is 4.94. The van der Waals surface area contributed by atoms with E-state index in [0.717, 1.165) is 6.07 Å². The van der Waals surface area contributed by atoms with Crippen molar-refractivity contribution in [3.63, 3.8) is 0 Å². The summed E-state index contributed by atoms with van der Waals surface area (Å²) in [4.78, 5) is 0. The standard InChI is InChI=1S/C15H11F5O4S/c16-14(17,18)13(15(19,20)25(21,22)23)24-12-9-5-4-8-11(12)10-6-2-1-3-7-10/h1-9,13H,(H,21,22,23). The molecule has 0 saturated heterocycles. The van der Waals surface area contributed by atoms with E-state index in [1.165, 1.54) is 30.3 Å². The van der Waals surface area contributed by atoms with Gasteiger partial charge in [0.2, 0.25) is 0 Å². The molecule has 0 radical (unpaired) electrons. The fourth-order valence-electron chi connectivity index (χ4n) is 2.01. The van der Waals surface area contributed by atoms with Crippen LogP contribution in [-0.2, 0) is 10.1 Å². The molecule has 1 N–H and O–H groups in total. The van der Waals surface area contributed by atoms with Gasteiger partial charge in [-0.2, -0.15) is 30.4 Å². The van der Waals surface area contributed by atoms with Crippen molar-refractivity contribution in [1.82, 2.24) is 0 Å². The van der Waals surface area contributed by atoms with Gasteiger partial charge in [0.1, 0.15) is 5.75 Å². The molecular formula is C15H11F5O4S. The Labute approximate surface area is 139 Å². The lowest BCUT2D eigenvalue weighted by Gasteiger charge is -2.27. The average Bonchev–Trinajstić information content (AvgIpc) is 2.51. The van der Waals surface area contributed by atoms with Crippen LogP contribution in [0.1, 0.15) is 0 Å². The minimum absolute atomic E-state index is 0.0449. The minimum atomic E-state index is -6.36. The van der Waals surface area contributed by atoms with Crippen molar-refractivity contribution in [3.05, 3.63) is 54.6 Å². The van der Waals surface area contributed by atoms with Crippen molar-refractivity contribution in [1.29, 1.82) is 0 Å². The molecule has 10 heteroatoms. The largest absolute Gasteiger partial charge is 0.472 e. The first-order valence-corrected chi connectivity index (χ1v) is 8.11. The zero-order valence-corrected chi connectivity index (χ0v) is 13.1. The van der Waals surface area contributed by atoms with Gasteiger partial charge in [0.15, 0.2) is 0 Å². The van der Waals surface area contributed by atoms with Gasteiger partial charge in [0.25, 0.3) is 6.10 Å². The molecule has 1 atom stereocenters. The second-order valence-corrected chi connectivity index (χ2v) is 6.43. The van der Waals surface area contributed by atoms with E-state index < -0.39 is 33.4 Å². The van der Waals surface area contributed by atoms with Gasteiger partial charge >= 0.3 is 21.5 Å². The maximum atomic E-state index is 13.6. The van der Waals surface area contributed by atoms with Crippen molar-refractivity contribution < 1.29 is 39.7 Å². The van der Waals surface area contributed by atoms with E-state index in [1.807, 2.05) is 0 Å². The van der Waals surface area contributed by atoms with Crippen molar-refractivity contribution in [3.8, 4) is 16.9 Å². The molecule has 1 unspecified atom stereocenters. The SMILES string of the molecule is O=S(=O)(O)C(F)(F)C(Oc1ccccc1-c1ccccc1)C(F)(F)F. The summed E-state index contributed by atoms with van der Waals surface area (Å²) >= 11 is 0. The molecule has 0 aliphatic heterocycles. The Morgan fingerprint density at radius 2 is 1.40 bits per heavy atom. The number of ether oxygens (including phenoxy) is 1. The van der Waals surface area contributed by atoms with Gasteiger partial charge in [0, 0.05) is 5.56 Å². The summed E-state index contributed by atoms with van der Waals surface area (Å²) in [6.07, 6.45) is -9.84. The smallest absolute Gasteiger partial charge is 0.432 e. The van der Waals surface area contributed by atoms with Crippen molar-refractivity contribution in [2.24, 2.45) is 0 Å². The predicted molar refractivity (Wildman–Crippen MR) is 78.8 cm³/mol. The van der Waals surface area contributed by atoms with Crippen LogP contribution < -0.4 is 4.74 Å². The highest BCUT2D eigenvalue weighted by Crippen LogP contribution is 2.40. The number of hydrogen-bond donors (Lipinski definition) is 1. The summed E-state index contributed by atoms with van der Waals surface area (Å²) in [6, 6.07) is 12.8. The molecule has 0 amide bonds. The highest BCUT2D eigenvalue weighted by molar-refractivity contribution is 7.86. The fraction of sp³-hybridized carbons (Fsp3) is 0.200. The lowest BCUT2D eigenvalue weighted by atomic mass is 10.0. The summed E-state index contributed by atoms with van der Waals surface area (Å²) < 4.78 is 100. The number of halogens is 5. The van der Waals surface area contributed by atoms with E-state index in [2.05, 4.69) is 4.74 Å². The summed E-state index contributed by atoms with van der Waals surface area (Å²) in [6.45, 7) is 0. The molecule has 0 bridgehead atoms. The van der Waals surface area contributed by atoms with Gasteiger partial charge in [-0.3, -0.25) is 4.55 Å². The lowest BCUT2D eigenvalue weighted by molar-refractivity contribution is -0.238. The molecule has 4 nitrogen and oxygen atoms in total. The Bertz CT molecular complexity index is 835. The Morgan fingerprint density at radius 1 is 0.880 bits per heavy atom. The third-order valence-corrected chi connectivity index (χ3v) is 4.07. The average molecular weight is 382 g/mol. The van der Waals surface area contributed by atoms with Crippen LogP contribution in [0.25, 0.3) is 11.1 Å². The first-order chi connectivity index (χ1) is 11.4. The summed E-state index contributed by atoms with van der Waals surface area (Å²) in [5, 5.41) is -5.59. The highest BCUT2D eigenvalue weighted by atomic mass is 32.2. The number of hydrogen-bond acceptors (Lipinski definition) is 3. The van der Waals surface area contributed by atoms with Gasteiger partial charge in [0.05, 0.1) is 0 Å². The molecule has 2 aromatic rings. The van der Waals surface area contributed by atoms with E-state index in [9.17, 15) is 30.4 Å². The third kappa shape index (κ3) is 4.07. The van der Waals surface area contributed by atoms with Gasteiger partial charge in [-0.05, 0) is 11.6 Å². The van der Waals surface area contributed by atoms with Gasteiger partial charge in [-0.15, -0.1) is 0 Å². The minimum Gasteiger partial charge on any atom is -0.472 e. The van der Waals surface area contributed by atoms with Crippen LogP contribution >= 0.6 is 0 Å². The van der Waals surface area contributed by atoms with E-state index >= 15 is 0 Å². The van der Waals surface area contributed by atoms with Crippen LogP contribution in [0.15, 0.2) is 54.6 Å². The summed E-state index contributed by atoms with van der Waals surface area (Å²) in [5.41, 5.74) is 0.415. The van der Waals surface area contributed by atoms with Crippen LogP contribution in [0, 0.1) is 0 Å². The van der Waals surface area contributed by atoms with Crippen molar-refractivity contribution in [2.45, 2.75) is 17.5 Å². The predicted octanol–water partition coefficient (Wildman–Crippen LogP) is 4.14. The first-order valence-electron chi connectivity index (χ1n) is 6.67. The van der Waals surface area contributed by atoms with Crippen molar-refractivity contribution in [2.75, 3.05) is 0 Å². The van der Waals surface area contributed by atoms with E-state index in [0.29, 0.717) is 5.56 Å². The maximum absolute atomic E-state index is 13.6. The normalized spacial score (nSPS) is 14.2. The molecule has 0 aliphatic rings. The zero-order valence-electron chi connectivity index (χ0n) is 12.2. The highest BCUT2D eigenvalue weighted by Gasteiger charge is 2.65. The Morgan fingerprint density at radius 3 is 1.92 bits per heavy atom. The molecule has 0 heterocycles. The Kier molecular flexibility index (Phi) is 5.05. The molecule has 0 saturated carbocycles. The van der Waals surface area contributed by atoms with Crippen LogP contribution in [0.5, 0.6) is 5.75 Å². The number of benzene rings is 2. The molecule has 0 spiro atoms. The Hall–Kier alpha value is -2.20. The van der Waals surface area contributed by atoms with Crippen LogP contribution in [0.2, 0.25) is 0 Å². The molecule has 2 rings (SSSR count). The topological polar surface area (TPSA) is 63.6 Å². The summed E-state index contributed by atoms with van der Waals surface area (Å²) in [5.74, 6) is -0.612. The van der Waals surface area contributed by atoms with Crippen LogP contribution in [-0.4, -0.2) is 30.5 Å². The van der Waals surface area contributed by atoms with E-state index in [-0.39, 0.29) is 5.56 Å². The monoisotopic (exact) mass is 382 g/mol. The number of alkyl halides is 5. The van der Waals surface area contributed by atoms with E-state index in [4.69, 9.17) is 4.55 Å². The fourth-order valence-corrected chi connectivity index (χ4v) is 2.47. The number of para-hydroxylation sites is 1. The first kappa shape index (κ1) is 19.1. The Balaban J connectivity index is 2.52. The molecule has 0 fully saturated rings. The molecule has 0 aliphatic carbocycles. The zero-order chi connectivity index (χ0) is 18.9. The molecule has 136 valence electrons. The third-order valence-electron chi connectivity index (χ3n) is 3.16. The summed E-state index contributed by atoms with van der Waals surface area (Å²) in [7, 11) is -6.36. The quantitative estimate of drug-likeness (QED) is 0.624. The van der Waals surface area contributed by atoms with E-state index in [1.54, 1.807) is 18.2 Å². The molecule has 2 aromatic carbocycles. The molecule has 25 heavy (non-hydrogen) atoms. The van der Waals surface area contributed by atoms with Crippen molar-refractivity contribution >= 4 is 10.1 Å². The second kappa shape index (κ2) is 6.60. The maximum Gasteiger partial charge on any atom is 0.432 e. The van der Waals surface area contributed by atoms with Gasteiger partial charge < -0.3 is 4.74 Å². The van der Waals surface area contributed by atoms with Gasteiger partial charge in [-0.25, -0.2) is 0 Å². The van der Waals surface area contributed by atoms with Crippen LogP contribution in [0.3, 0.4) is 0 Å². The number of rotatable bonds is 5. The van der Waals surface area contributed by atoms with Crippen LogP contribution in [0.4, 0.5) is 22.0 Å². The molecular weight excluding hydrogens is 371 g/mol. The lowest BCUT2D eigenvalue weighted by Crippen LogP contribution is -2.53.